The molecule has 0 atom stereocenters. The van der Waals surface area contributed by atoms with Crippen molar-refractivity contribution in [2.24, 2.45) is 5.11 Å². The molecule has 0 saturated heterocycles. The van der Waals surface area contributed by atoms with Gasteiger partial charge in [0.25, 0.3) is 0 Å². The summed E-state index contributed by atoms with van der Waals surface area (Å²) in [5.41, 5.74) is 8.39. The maximum absolute atomic E-state index is 11.7. The summed E-state index contributed by atoms with van der Waals surface area (Å²) < 4.78 is 10.2. The summed E-state index contributed by atoms with van der Waals surface area (Å²) >= 11 is 0. The van der Waals surface area contributed by atoms with Crippen LogP contribution in [-0.2, 0) is 0 Å². The summed E-state index contributed by atoms with van der Waals surface area (Å²) in [6.07, 6.45) is 0. The normalized spacial score (nSPS) is 11.8. The third-order valence-corrected chi connectivity index (χ3v) is 2.06. The molecule has 0 unspecified atom stereocenters. The second-order valence-electron chi connectivity index (χ2n) is 3.03. The Kier molecular flexibility index (Phi) is 2.49. The van der Waals surface area contributed by atoms with Crippen LogP contribution in [0.1, 0.15) is 10.4 Å². The smallest absolute Gasteiger partial charge is 0.231 e. The highest BCUT2D eigenvalue weighted by Crippen LogP contribution is 2.32. The molecule has 1 aromatic carbocycles. The van der Waals surface area contributed by atoms with Gasteiger partial charge in [0.05, 0.1) is 5.70 Å². The van der Waals surface area contributed by atoms with Crippen LogP contribution in [0.2, 0.25) is 0 Å². The summed E-state index contributed by atoms with van der Waals surface area (Å²) in [5.74, 6) is 0.654. The number of ketones is 1. The monoisotopic (exact) mass is 217 g/mol. The van der Waals surface area contributed by atoms with E-state index in [9.17, 15) is 4.79 Å². The number of rotatable bonds is 3. The average molecular weight is 217 g/mol. The van der Waals surface area contributed by atoms with Gasteiger partial charge in [-0.05, 0) is 23.7 Å². The fourth-order valence-corrected chi connectivity index (χ4v) is 1.30. The van der Waals surface area contributed by atoms with Gasteiger partial charge in [0, 0.05) is 10.5 Å². The lowest BCUT2D eigenvalue weighted by Gasteiger charge is -2.00. The Morgan fingerprint density at radius 2 is 2.19 bits per heavy atom. The summed E-state index contributed by atoms with van der Waals surface area (Å²) in [4.78, 5) is 14.2. The van der Waals surface area contributed by atoms with Crippen LogP contribution in [0.3, 0.4) is 0 Å². The van der Waals surface area contributed by atoms with Crippen molar-refractivity contribution in [3.05, 3.63) is 46.5 Å². The van der Waals surface area contributed by atoms with Gasteiger partial charge in [-0.1, -0.05) is 11.7 Å². The number of Topliss-reactive ketones (excluding diaryl/α,β-unsaturated/α-hetero) is 1. The molecule has 0 N–H and O–H groups in total. The zero-order valence-corrected chi connectivity index (χ0v) is 8.21. The van der Waals surface area contributed by atoms with Crippen LogP contribution in [0.15, 0.2) is 35.6 Å². The van der Waals surface area contributed by atoms with Gasteiger partial charge in [-0.15, -0.1) is 0 Å². The maximum Gasteiger partial charge on any atom is 0.231 e. The summed E-state index contributed by atoms with van der Waals surface area (Å²) in [6.45, 7) is 3.52. The van der Waals surface area contributed by atoms with E-state index < -0.39 is 5.78 Å². The number of ether oxygens (including phenoxy) is 2. The van der Waals surface area contributed by atoms with Crippen LogP contribution in [0.5, 0.6) is 11.5 Å². The van der Waals surface area contributed by atoms with Crippen molar-refractivity contribution in [1.29, 1.82) is 0 Å². The molecule has 0 amide bonds. The number of hydrogen-bond acceptors (Lipinski definition) is 4. The van der Waals surface area contributed by atoms with Crippen LogP contribution in [0, 0.1) is 0 Å². The summed E-state index contributed by atoms with van der Waals surface area (Å²) in [7, 11) is 0. The third-order valence-electron chi connectivity index (χ3n) is 2.06. The van der Waals surface area contributed by atoms with Crippen molar-refractivity contribution in [1.82, 2.24) is 0 Å². The molecule has 1 aliphatic rings. The minimum absolute atomic E-state index is 0.143. The Bertz CT molecular complexity index is 518. The predicted octanol–water partition coefficient (Wildman–Crippen LogP) is 2.42. The molecular weight excluding hydrogens is 210 g/mol. The lowest BCUT2D eigenvalue weighted by molar-refractivity contribution is 0.103. The molecule has 1 aliphatic heterocycles. The van der Waals surface area contributed by atoms with Crippen LogP contribution in [-0.4, -0.2) is 12.6 Å². The Morgan fingerprint density at radius 3 is 2.94 bits per heavy atom. The van der Waals surface area contributed by atoms with E-state index in [0.29, 0.717) is 17.1 Å². The molecule has 0 fully saturated rings. The Morgan fingerprint density at radius 1 is 1.44 bits per heavy atom. The van der Waals surface area contributed by atoms with Gasteiger partial charge in [0.15, 0.2) is 17.3 Å². The Hall–Kier alpha value is -2.46. The van der Waals surface area contributed by atoms with Gasteiger partial charge < -0.3 is 9.47 Å². The lowest BCUT2D eigenvalue weighted by Crippen LogP contribution is -1.99. The minimum atomic E-state index is -0.434. The molecule has 6 heteroatoms. The topological polar surface area (TPSA) is 84.3 Å². The molecule has 0 bridgehead atoms. The van der Waals surface area contributed by atoms with Crippen LogP contribution in [0.25, 0.3) is 10.4 Å². The zero-order chi connectivity index (χ0) is 11.5. The molecule has 80 valence electrons. The predicted molar refractivity (Wildman–Crippen MR) is 55.2 cm³/mol. The number of carbonyl (C=O) groups excluding carboxylic acids is 1. The second kappa shape index (κ2) is 3.96. The number of azide groups is 1. The first-order valence-electron chi connectivity index (χ1n) is 4.40. The van der Waals surface area contributed by atoms with Gasteiger partial charge >= 0.3 is 0 Å². The molecule has 0 aliphatic carbocycles. The van der Waals surface area contributed by atoms with Crippen LogP contribution >= 0.6 is 0 Å². The Labute approximate surface area is 90.7 Å². The van der Waals surface area contributed by atoms with E-state index in [1.54, 1.807) is 12.1 Å². The first-order valence-corrected chi connectivity index (χ1v) is 4.40. The third kappa shape index (κ3) is 1.69. The largest absolute Gasteiger partial charge is 0.454 e. The van der Waals surface area contributed by atoms with Crippen LogP contribution < -0.4 is 9.47 Å². The first-order chi connectivity index (χ1) is 7.72. The number of hydrogen-bond donors (Lipinski definition) is 0. The fraction of sp³-hybridized carbons (Fsp3) is 0.100. The maximum atomic E-state index is 11.7. The molecule has 2 rings (SSSR count). The van der Waals surface area contributed by atoms with Crippen LogP contribution in [0.4, 0.5) is 0 Å². The fourth-order valence-electron chi connectivity index (χ4n) is 1.30. The summed E-state index contributed by atoms with van der Waals surface area (Å²) in [6, 6.07) is 4.72. The van der Waals surface area contributed by atoms with Crippen molar-refractivity contribution >= 4 is 5.78 Å². The van der Waals surface area contributed by atoms with Crippen molar-refractivity contribution in [3.63, 3.8) is 0 Å². The molecular formula is C10H7N3O3. The first kappa shape index (κ1) is 10.1. The van der Waals surface area contributed by atoms with Gasteiger partial charge in [-0.25, -0.2) is 0 Å². The number of carbonyl (C=O) groups is 1. The van der Waals surface area contributed by atoms with Gasteiger partial charge in [-0.3, -0.25) is 4.79 Å². The van der Waals surface area contributed by atoms with Crippen molar-refractivity contribution in [2.45, 2.75) is 0 Å². The molecule has 0 spiro atoms. The highest BCUT2D eigenvalue weighted by molar-refractivity contribution is 6.08. The Balaban J connectivity index is 2.31. The SMILES string of the molecule is C=C(N=[N+]=[N-])C(=O)c1ccc2c(c1)OCO2. The second-order valence-corrected chi connectivity index (χ2v) is 3.03. The van der Waals surface area contributed by atoms with Gasteiger partial charge in [-0.2, -0.15) is 0 Å². The number of nitrogens with zero attached hydrogens (tertiary/aromatic N) is 3. The minimum Gasteiger partial charge on any atom is -0.454 e. The van der Waals surface area contributed by atoms with Gasteiger partial charge in [0.1, 0.15) is 0 Å². The van der Waals surface area contributed by atoms with Crippen molar-refractivity contribution in [3.8, 4) is 11.5 Å². The number of allylic oxidation sites excluding steroid dienone is 1. The standard InChI is InChI=1S/C10H7N3O3/c1-6(12-13-11)10(14)7-2-3-8-9(4-7)16-5-15-8/h2-4H,1,5H2. The molecule has 6 nitrogen and oxygen atoms in total. The average Bonchev–Trinajstić information content (AvgIpc) is 2.75. The number of fused-ring (bicyclic) bond motifs is 1. The van der Waals surface area contributed by atoms with Crippen molar-refractivity contribution in [2.75, 3.05) is 6.79 Å². The van der Waals surface area contributed by atoms with E-state index in [1.165, 1.54) is 6.07 Å². The van der Waals surface area contributed by atoms with E-state index in [4.69, 9.17) is 15.0 Å². The molecule has 0 radical (unpaired) electrons. The van der Waals surface area contributed by atoms with Gasteiger partial charge in [0.2, 0.25) is 6.79 Å². The lowest BCUT2D eigenvalue weighted by atomic mass is 10.1. The molecule has 16 heavy (non-hydrogen) atoms. The molecule has 1 aromatic rings. The molecule has 0 saturated carbocycles. The zero-order valence-electron chi connectivity index (χ0n) is 8.21. The van der Waals surface area contributed by atoms with E-state index in [2.05, 4.69) is 16.6 Å². The highest BCUT2D eigenvalue weighted by Gasteiger charge is 2.17. The van der Waals surface area contributed by atoms with E-state index >= 15 is 0 Å². The molecule has 1 heterocycles. The molecule has 0 aromatic heterocycles. The highest BCUT2D eigenvalue weighted by atomic mass is 16.7. The number of benzene rings is 1. The van der Waals surface area contributed by atoms with E-state index in [0.717, 1.165) is 0 Å². The van der Waals surface area contributed by atoms with Crippen molar-refractivity contribution < 1.29 is 14.3 Å². The quantitative estimate of drug-likeness (QED) is 0.256. The van der Waals surface area contributed by atoms with E-state index in [1.807, 2.05) is 0 Å². The summed E-state index contributed by atoms with van der Waals surface area (Å²) in [5, 5.41) is 3.16. The van der Waals surface area contributed by atoms with E-state index in [-0.39, 0.29) is 12.5 Å².